The summed E-state index contributed by atoms with van der Waals surface area (Å²) in [6.07, 6.45) is 3.96. The third kappa shape index (κ3) is 3.55. The predicted octanol–water partition coefficient (Wildman–Crippen LogP) is 6.06. The first-order valence-corrected chi connectivity index (χ1v) is 11.5. The number of rotatable bonds is 3. The third-order valence-corrected chi connectivity index (χ3v) is 6.56. The van der Waals surface area contributed by atoms with E-state index in [2.05, 4.69) is 27.0 Å². The lowest BCUT2D eigenvalue weighted by Crippen LogP contribution is -2.25. The second kappa shape index (κ2) is 8.01. The molecule has 1 aliphatic heterocycles. The number of aromatic amines is 1. The number of halogens is 1. The molecule has 33 heavy (non-hydrogen) atoms. The number of fused-ring (bicyclic) bond motifs is 2. The highest BCUT2D eigenvalue weighted by molar-refractivity contribution is 6.35. The van der Waals surface area contributed by atoms with Gasteiger partial charge in [-0.15, -0.1) is 0 Å². The summed E-state index contributed by atoms with van der Waals surface area (Å²) in [4.78, 5) is 27.4. The van der Waals surface area contributed by atoms with E-state index < -0.39 is 0 Å². The summed E-state index contributed by atoms with van der Waals surface area (Å²) in [5.74, 6) is 0. The van der Waals surface area contributed by atoms with Crippen LogP contribution in [0.1, 0.15) is 12.8 Å². The highest BCUT2D eigenvalue weighted by Gasteiger charge is 2.19. The molecule has 6 heteroatoms. The summed E-state index contributed by atoms with van der Waals surface area (Å²) in [5.41, 5.74) is 5.67. The zero-order valence-corrected chi connectivity index (χ0v) is 18.6. The first-order valence-electron chi connectivity index (χ1n) is 11.1. The fraction of sp³-hybridized carbons (Fsp3) is 0.148. The lowest BCUT2D eigenvalue weighted by Gasteiger charge is -2.18. The van der Waals surface area contributed by atoms with E-state index in [4.69, 9.17) is 16.6 Å². The monoisotopic (exact) mass is 452 g/mol. The van der Waals surface area contributed by atoms with E-state index >= 15 is 0 Å². The van der Waals surface area contributed by atoms with Crippen molar-refractivity contribution in [2.75, 3.05) is 18.0 Å². The van der Waals surface area contributed by atoms with Gasteiger partial charge < -0.3 is 9.88 Å². The Bertz CT molecular complexity index is 1560. The zero-order valence-electron chi connectivity index (χ0n) is 17.9. The zero-order chi connectivity index (χ0) is 22.4. The molecule has 0 bridgehead atoms. The Kier molecular flexibility index (Phi) is 4.84. The van der Waals surface area contributed by atoms with Gasteiger partial charge in [0, 0.05) is 41.2 Å². The molecular formula is C27H21ClN4O. The Morgan fingerprint density at radius 1 is 0.879 bits per heavy atom. The van der Waals surface area contributed by atoms with Gasteiger partial charge in [0.15, 0.2) is 0 Å². The molecule has 2 aromatic carbocycles. The molecule has 162 valence electrons. The highest BCUT2D eigenvalue weighted by Crippen LogP contribution is 2.36. The van der Waals surface area contributed by atoms with Crippen molar-refractivity contribution >= 4 is 39.2 Å². The Morgan fingerprint density at radius 3 is 2.52 bits per heavy atom. The maximum atomic E-state index is 12.9. The van der Waals surface area contributed by atoms with E-state index in [9.17, 15) is 4.79 Å². The number of hydrogen-bond acceptors (Lipinski definition) is 4. The first kappa shape index (κ1) is 19.9. The van der Waals surface area contributed by atoms with Crippen molar-refractivity contribution in [1.29, 1.82) is 0 Å². The van der Waals surface area contributed by atoms with E-state index in [0.717, 1.165) is 64.6 Å². The Hall–Kier alpha value is -3.70. The minimum Gasteiger partial charge on any atom is -0.367 e. The van der Waals surface area contributed by atoms with Gasteiger partial charge in [-0.2, -0.15) is 0 Å². The lowest BCUT2D eigenvalue weighted by molar-refractivity contribution is 0.949. The summed E-state index contributed by atoms with van der Waals surface area (Å²) >= 11 is 6.62. The van der Waals surface area contributed by atoms with Gasteiger partial charge >= 0.3 is 0 Å². The minimum atomic E-state index is -0.0940. The molecular weight excluding hydrogens is 432 g/mol. The van der Waals surface area contributed by atoms with Crippen LogP contribution < -0.4 is 10.5 Å². The fourth-order valence-corrected chi connectivity index (χ4v) is 4.93. The predicted molar refractivity (Wildman–Crippen MR) is 135 cm³/mol. The van der Waals surface area contributed by atoms with Gasteiger partial charge in [0.2, 0.25) is 0 Å². The van der Waals surface area contributed by atoms with E-state index in [1.165, 1.54) is 0 Å². The highest BCUT2D eigenvalue weighted by atomic mass is 35.5. The largest absolute Gasteiger partial charge is 0.367 e. The Morgan fingerprint density at radius 2 is 1.70 bits per heavy atom. The first-order chi connectivity index (χ1) is 16.2. The maximum absolute atomic E-state index is 12.9. The molecule has 5 nitrogen and oxygen atoms in total. The van der Waals surface area contributed by atoms with Gasteiger partial charge in [0.1, 0.15) is 11.3 Å². The van der Waals surface area contributed by atoms with E-state index in [0.29, 0.717) is 16.4 Å². The van der Waals surface area contributed by atoms with Crippen LogP contribution in [0.5, 0.6) is 0 Å². The van der Waals surface area contributed by atoms with Gasteiger partial charge in [-0.05, 0) is 48.7 Å². The number of anilines is 1. The van der Waals surface area contributed by atoms with Crippen LogP contribution in [0.2, 0.25) is 5.02 Å². The standard InChI is InChI=1S/C27H21ClN4O/c28-22-15-19(13-18-9-6-10-29-25(18)22)21-14-20-16-23(32-11-4-5-12-32)27(33)31-26(20)30-24(21)17-7-2-1-3-8-17/h1-3,6-10,13-16H,4-5,11-12H2,(H,30,31,33). The topological polar surface area (TPSA) is 61.9 Å². The number of hydrogen-bond donors (Lipinski definition) is 1. The number of benzene rings is 2. The molecule has 4 heterocycles. The molecule has 1 fully saturated rings. The molecule has 1 N–H and O–H groups in total. The smallest absolute Gasteiger partial charge is 0.273 e. The van der Waals surface area contributed by atoms with Crippen molar-refractivity contribution in [3.8, 4) is 22.4 Å². The molecule has 3 aromatic heterocycles. The van der Waals surface area contributed by atoms with E-state index in [1.807, 2.05) is 54.6 Å². The molecule has 0 spiro atoms. The second-order valence-corrected chi connectivity index (χ2v) is 8.81. The van der Waals surface area contributed by atoms with Crippen molar-refractivity contribution in [2.45, 2.75) is 12.8 Å². The van der Waals surface area contributed by atoms with Crippen LogP contribution in [0.4, 0.5) is 5.69 Å². The maximum Gasteiger partial charge on any atom is 0.273 e. The molecule has 1 aliphatic rings. The summed E-state index contributed by atoms with van der Waals surface area (Å²) in [7, 11) is 0. The van der Waals surface area contributed by atoms with Crippen LogP contribution in [0, 0.1) is 0 Å². The number of nitrogens with zero attached hydrogens (tertiary/aromatic N) is 3. The van der Waals surface area contributed by atoms with Gasteiger partial charge in [-0.3, -0.25) is 9.78 Å². The molecule has 1 saturated heterocycles. The molecule has 5 aromatic rings. The second-order valence-electron chi connectivity index (χ2n) is 8.40. The number of aromatic nitrogens is 3. The van der Waals surface area contributed by atoms with Crippen LogP contribution >= 0.6 is 11.6 Å². The molecule has 0 saturated carbocycles. The average molecular weight is 453 g/mol. The van der Waals surface area contributed by atoms with Crippen molar-refractivity contribution in [3.63, 3.8) is 0 Å². The summed E-state index contributed by atoms with van der Waals surface area (Å²) in [6.45, 7) is 1.81. The third-order valence-electron chi connectivity index (χ3n) is 6.27. The summed E-state index contributed by atoms with van der Waals surface area (Å²) < 4.78 is 0. The molecule has 6 rings (SSSR count). The SMILES string of the molecule is O=c1[nH]c2nc(-c3ccccc3)c(-c3cc(Cl)c4ncccc4c3)cc2cc1N1CCCC1. The quantitative estimate of drug-likeness (QED) is 0.361. The molecule has 0 aliphatic carbocycles. The van der Waals surface area contributed by atoms with Gasteiger partial charge in [-0.1, -0.05) is 48.0 Å². The van der Waals surface area contributed by atoms with Crippen LogP contribution in [0.15, 0.2) is 77.7 Å². The molecule has 0 unspecified atom stereocenters. The summed E-state index contributed by atoms with van der Waals surface area (Å²) in [5, 5.41) is 2.47. The van der Waals surface area contributed by atoms with Gasteiger partial charge in [0.25, 0.3) is 5.56 Å². The number of H-pyrrole nitrogens is 1. The molecule has 0 amide bonds. The normalized spacial score (nSPS) is 13.8. The van der Waals surface area contributed by atoms with E-state index in [-0.39, 0.29) is 5.56 Å². The van der Waals surface area contributed by atoms with Crippen molar-refractivity contribution < 1.29 is 0 Å². The van der Waals surface area contributed by atoms with Crippen molar-refractivity contribution in [3.05, 3.63) is 88.3 Å². The average Bonchev–Trinajstić information content (AvgIpc) is 3.38. The van der Waals surface area contributed by atoms with Crippen LogP contribution in [0.3, 0.4) is 0 Å². The van der Waals surface area contributed by atoms with Crippen molar-refractivity contribution in [2.24, 2.45) is 0 Å². The number of nitrogens with one attached hydrogen (secondary N) is 1. The minimum absolute atomic E-state index is 0.0940. The molecule has 0 atom stereocenters. The Labute approximate surface area is 195 Å². The number of pyridine rings is 3. The molecule has 0 radical (unpaired) electrons. The van der Waals surface area contributed by atoms with E-state index in [1.54, 1.807) is 6.20 Å². The Balaban J connectivity index is 1.63. The van der Waals surface area contributed by atoms with Crippen LogP contribution in [-0.2, 0) is 0 Å². The van der Waals surface area contributed by atoms with Gasteiger partial charge in [-0.25, -0.2) is 4.98 Å². The fourth-order valence-electron chi connectivity index (χ4n) is 4.66. The van der Waals surface area contributed by atoms with Gasteiger partial charge in [0.05, 0.1) is 16.2 Å². The van der Waals surface area contributed by atoms with Crippen molar-refractivity contribution in [1.82, 2.24) is 15.0 Å². The van der Waals surface area contributed by atoms with Crippen LogP contribution in [-0.4, -0.2) is 28.0 Å². The summed E-state index contributed by atoms with van der Waals surface area (Å²) in [6, 6.07) is 22.0. The van der Waals surface area contributed by atoms with Crippen LogP contribution in [0.25, 0.3) is 44.3 Å². The lowest BCUT2D eigenvalue weighted by atomic mass is 9.97.